The molecule has 130 valence electrons. The highest BCUT2D eigenvalue weighted by Crippen LogP contribution is 2.09. The molecule has 0 unspecified atom stereocenters. The van der Waals surface area contributed by atoms with Gasteiger partial charge in [-0.25, -0.2) is 14.3 Å². The fourth-order valence-electron chi connectivity index (χ4n) is 1.88. The van der Waals surface area contributed by atoms with Crippen molar-refractivity contribution in [3.63, 3.8) is 0 Å². The number of methoxy groups -OCH3 is 1. The van der Waals surface area contributed by atoms with Gasteiger partial charge in [-0.2, -0.15) is 0 Å². The zero-order chi connectivity index (χ0) is 17.5. The topological polar surface area (TPSA) is 116 Å². The van der Waals surface area contributed by atoms with Crippen molar-refractivity contribution in [2.24, 2.45) is 0 Å². The van der Waals surface area contributed by atoms with Gasteiger partial charge in [0, 0.05) is 33.2 Å². The number of carboxylic acids is 1. The van der Waals surface area contributed by atoms with Crippen LogP contribution in [0.2, 0.25) is 0 Å². The van der Waals surface area contributed by atoms with E-state index in [-0.39, 0.29) is 12.2 Å². The Kier molecular flexibility index (Phi) is 6.95. The SMILES string of the molecule is COCCCn1nnc(C(=O)O)c1CCNC(=O)OC(C)(C)C. The maximum Gasteiger partial charge on any atom is 0.407 e. The van der Waals surface area contributed by atoms with Gasteiger partial charge in [0.25, 0.3) is 0 Å². The largest absolute Gasteiger partial charge is 0.476 e. The number of hydrogen-bond donors (Lipinski definition) is 2. The number of alkyl carbamates (subject to hydrolysis) is 1. The number of aromatic nitrogens is 3. The molecule has 0 atom stereocenters. The van der Waals surface area contributed by atoms with Crippen LogP contribution in [0.3, 0.4) is 0 Å². The van der Waals surface area contributed by atoms with Crippen molar-refractivity contribution < 1.29 is 24.2 Å². The van der Waals surface area contributed by atoms with Gasteiger partial charge >= 0.3 is 12.1 Å². The zero-order valence-electron chi connectivity index (χ0n) is 14.0. The molecule has 0 aliphatic carbocycles. The molecular formula is C14H24N4O5. The standard InChI is InChI=1S/C14H24N4O5/c1-14(2,3)23-13(21)15-7-6-10-11(12(19)20)16-17-18(10)8-5-9-22-4/h5-9H2,1-4H3,(H,15,21)(H,19,20). The van der Waals surface area contributed by atoms with E-state index >= 15 is 0 Å². The average molecular weight is 328 g/mol. The van der Waals surface area contributed by atoms with Crippen LogP contribution < -0.4 is 5.32 Å². The van der Waals surface area contributed by atoms with Crippen molar-refractivity contribution in [3.05, 3.63) is 11.4 Å². The lowest BCUT2D eigenvalue weighted by Crippen LogP contribution is -2.34. The lowest BCUT2D eigenvalue weighted by molar-refractivity contribution is 0.0528. The second kappa shape index (κ2) is 8.47. The normalized spacial score (nSPS) is 11.3. The molecule has 0 saturated heterocycles. The van der Waals surface area contributed by atoms with Crippen LogP contribution in [-0.4, -0.2) is 58.0 Å². The van der Waals surface area contributed by atoms with Crippen LogP contribution in [0.5, 0.6) is 0 Å². The molecule has 0 aromatic carbocycles. The highest BCUT2D eigenvalue weighted by Gasteiger charge is 2.20. The van der Waals surface area contributed by atoms with E-state index in [2.05, 4.69) is 15.6 Å². The first-order valence-electron chi connectivity index (χ1n) is 7.36. The van der Waals surface area contributed by atoms with Crippen molar-refractivity contribution in [2.45, 2.75) is 45.8 Å². The Hall–Kier alpha value is -2.16. The minimum Gasteiger partial charge on any atom is -0.476 e. The molecule has 1 rings (SSSR count). The van der Waals surface area contributed by atoms with E-state index < -0.39 is 17.7 Å². The summed E-state index contributed by atoms with van der Waals surface area (Å²) in [6.07, 6.45) is 0.430. The Morgan fingerprint density at radius 3 is 2.61 bits per heavy atom. The van der Waals surface area contributed by atoms with Crippen molar-refractivity contribution >= 4 is 12.1 Å². The monoisotopic (exact) mass is 328 g/mol. The summed E-state index contributed by atoms with van der Waals surface area (Å²) in [5, 5.41) is 19.3. The Morgan fingerprint density at radius 2 is 2.04 bits per heavy atom. The Bertz CT molecular complexity index is 536. The number of amides is 1. The predicted molar refractivity (Wildman–Crippen MR) is 81.4 cm³/mol. The molecule has 23 heavy (non-hydrogen) atoms. The molecular weight excluding hydrogens is 304 g/mol. The highest BCUT2D eigenvalue weighted by molar-refractivity contribution is 5.86. The molecule has 0 spiro atoms. The van der Waals surface area contributed by atoms with E-state index in [0.29, 0.717) is 31.7 Å². The molecule has 1 aromatic heterocycles. The number of carboxylic acid groups (broad SMARTS) is 1. The Labute approximate surface area is 135 Å². The lowest BCUT2D eigenvalue weighted by atomic mass is 10.2. The number of ether oxygens (including phenoxy) is 2. The van der Waals surface area contributed by atoms with E-state index in [1.165, 1.54) is 4.68 Å². The summed E-state index contributed by atoms with van der Waals surface area (Å²) in [4.78, 5) is 22.8. The number of nitrogens with zero attached hydrogens (tertiary/aromatic N) is 3. The quantitative estimate of drug-likeness (QED) is 0.686. The first kappa shape index (κ1) is 18.9. The molecule has 1 aromatic rings. The Morgan fingerprint density at radius 1 is 1.35 bits per heavy atom. The van der Waals surface area contributed by atoms with Crippen molar-refractivity contribution in [2.75, 3.05) is 20.3 Å². The van der Waals surface area contributed by atoms with E-state index in [1.54, 1.807) is 27.9 Å². The zero-order valence-corrected chi connectivity index (χ0v) is 14.0. The number of hydrogen-bond acceptors (Lipinski definition) is 6. The minimum absolute atomic E-state index is 0.103. The molecule has 0 radical (unpaired) electrons. The van der Waals surface area contributed by atoms with Crippen molar-refractivity contribution in [1.82, 2.24) is 20.3 Å². The first-order valence-corrected chi connectivity index (χ1v) is 7.36. The number of aromatic carboxylic acids is 1. The summed E-state index contributed by atoms with van der Waals surface area (Å²) >= 11 is 0. The molecule has 0 saturated carbocycles. The predicted octanol–water partition coefficient (Wildman–Crippen LogP) is 1.08. The molecule has 9 nitrogen and oxygen atoms in total. The summed E-state index contributed by atoms with van der Waals surface area (Å²) in [7, 11) is 1.59. The summed E-state index contributed by atoms with van der Waals surface area (Å²) in [6.45, 7) is 6.57. The number of aryl methyl sites for hydroxylation is 1. The van der Waals surface area contributed by atoms with Gasteiger partial charge in [0.05, 0.1) is 5.69 Å². The van der Waals surface area contributed by atoms with Crippen LogP contribution in [0.1, 0.15) is 43.4 Å². The number of rotatable bonds is 8. The van der Waals surface area contributed by atoms with Gasteiger partial charge in [-0.1, -0.05) is 5.21 Å². The van der Waals surface area contributed by atoms with E-state index in [0.717, 1.165) is 0 Å². The van der Waals surface area contributed by atoms with E-state index in [9.17, 15) is 9.59 Å². The van der Waals surface area contributed by atoms with Gasteiger partial charge in [0.1, 0.15) is 5.60 Å². The van der Waals surface area contributed by atoms with Gasteiger partial charge < -0.3 is 19.9 Å². The second-order valence-electron chi connectivity index (χ2n) is 5.94. The van der Waals surface area contributed by atoms with Crippen LogP contribution in [-0.2, 0) is 22.4 Å². The van der Waals surface area contributed by atoms with E-state index in [1.807, 2.05) is 0 Å². The molecule has 0 fully saturated rings. The molecule has 1 amide bonds. The number of nitrogens with one attached hydrogen (secondary N) is 1. The number of carbonyl (C=O) groups is 2. The summed E-state index contributed by atoms with van der Waals surface area (Å²) in [6, 6.07) is 0. The highest BCUT2D eigenvalue weighted by atomic mass is 16.6. The maximum atomic E-state index is 11.6. The molecule has 9 heteroatoms. The lowest BCUT2D eigenvalue weighted by Gasteiger charge is -2.19. The van der Waals surface area contributed by atoms with Crippen molar-refractivity contribution in [3.8, 4) is 0 Å². The molecule has 0 bridgehead atoms. The molecule has 0 aliphatic rings. The van der Waals surface area contributed by atoms with Crippen LogP contribution in [0, 0.1) is 0 Å². The summed E-state index contributed by atoms with van der Waals surface area (Å²) in [5.41, 5.74) is -0.224. The minimum atomic E-state index is -1.14. The first-order chi connectivity index (χ1) is 10.7. The summed E-state index contributed by atoms with van der Waals surface area (Å²) < 4.78 is 11.6. The van der Waals surface area contributed by atoms with Crippen molar-refractivity contribution in [1.29, 1.82) is 0 Å². The average Bonchev–Trinajstić information content (AvgIpc) is 2.80. The third kappa shape index (κ3) is 6.64. The smallest absolute Gasteiger partial charge is 0.407 e. The fraction of sp³-hybridized carbons (Fsp3) is 0.714. The van der Waals surface area contributed by atoms with Gasteiger partial charge in [0.15, 0.2) is 5.69 Å². The van der Waals surface area contributed by atoms with Gasteiger partial charge in [-0.05, 0) is 27.2 Å². The third-order valence-electron chi connectivity index (χ3n) is 2.79. The van der Waals surface area contributed by atoms with Gasteiger partial charge in [-0.3, -0.25) is 0 Å². The maximum absolute atomic E-state index is 11.6. The molecule has 1 heterocycles. The number of carbonyl (C=O) groups excluding carboxylic acids is 1. The second-order valence-corrected chi connectivity index (χ2v) is 5.94. The summed E-state index contributed by atoms with van der Waals surface area (Å²) in [5.74, 6) is -1.14. The van der Waals surface area contributed by atoms with Crippen LogP contribution >= 0.6 is 0 Å². The van der Waals surface area contributed by atoms with Crippen LogP contribution in [0.15, 0.2) is 0 Å². The van der Waals surface area contributed by atoms with Gasteiger partial charge in [-0.15, -0.1) is 5.10 Å². The van der Waals surface area contributed by atoms with Gasteiger partial charge in [0.2, 0.25) is 0 Å². The third-order valence-corrected chi connectivity index (χ3v) is 2.79. The van der Waals surface area contributed by atoms with Crippen LogP contribution in [0.4, 0.5) is 4.79 Å². The molecule has 2 N–H and O–H groups in total. The van der Waals surface area contributed by atoms with E-state index in [4.69, 9.17) is 14.6 Å². The molecule has 0 aliphatic heterocycles. The van der Waals surface area contributed by atoms with Crippen LogP contribution in [0.25, 0.3) is 0 Å². The fourth-order valence-corrected chi connectivity index (χ4v) is 1.88. The Balaban J connectivity index is 2.64.